The van der Waals surface area contributed by atoms with E-state index in [9.17, 15) is 9.59 Å². The molecule has 1 aliphatic rings. The molecular formula is C11H14N2O4. The van der Waals surface area contributed by atoms with Crippen LogP contribution in [0.15, 0.2) is 23.0 Å². The molecule has 1 aromatic heterocycles. The van der Waals surface area contributed by atoms with Crippen molar-refractivity contribution in [2.45, 2.75) is 6.04 Å². The quantitative estimate of drug-likeness (QED) is 0.707. The van der Waals surface area contributed by atoms with Crippen molar-refractivity contribution in [3.05, 3.63) is 34.2 Å². The molecule has 2 heterocycles. The van der Waals surface area contributed by atoms with Crippen LogP contribution in [-0.2, 0) is 4.74 Å². The smallest absolute Gasteiger partial charge is 0.270 e. The number of hydrogen-bond donors (Lipinski definition) is 2. The molecule has 92 valence electrons. The molecule has 1 fully saturated rings. The van der Waals surface area contributed by atoms with Crippen LogP contribution in [-0.4, -0.2) is 53.3 Å². The van der Waals surface area contributed by atoms with E-state index < -0.39 is 0 Å². The number of rotatable bonds is 2. The number of hydrogen-bond acceptors (Lipinski definition) is 4. The number of aromatic nitrogens is 1. The Labute approximate surface area is 97.8 Å². The van der Waals surface area contributed by atoms with Gasteiger partial charge in [-0.05, 0) is 6.07 Å². The third-order valence-corrected chi connectivity index (χ3v) is 2.70. The third kappa shape index (κ3) is 2.54. The Morgan fingerprint density at radius 1 is 1.59 bits per heavy atom. The SMILES string of the molecule is O=C(c1cccc(=O)[nH]1)N1CCOCC1CO. The summed E-state index contributed by atoms with van der Waals surface area (Å²) in [7, 11) is 0. The molecule has 0 radical (unpaired) electrons. The van der Waals surface area contributed by atoms with Gasteiger partial charge in [0.2, 0.25) is 5.56 Å². The maximum Gasteiger partial charge on any atom is 0.270 e. The Kier molecular flexibility index (Phi) is 3.55. The number of aromatic amines is 1. The van der Waals surface area contributed by atoms with Gasteiger partial charge in [0.05, 0.1) is 25.9 Å². The summed E-state index contributed by atoms with van der Waals surface area (Å²) in [5.74, 6) is -0.287. The van der Waals surface area contributed by atoms with E-state index in [1.807, 2.05) is 0 Å². The number of carbonyl (C=O) groups is 1. The number of H-pyrrole nitrogens is 1. The molecule has 0 bridgehead atoms. The summed E-state index contributed by atoms with van der Waals surface area (Å²) in [4.78, 5) is 27.2. The molecular weight excluding hydrogens is 224 g/mol. The molecule has 1 aromatic rings. The zero-order chi connectivity index (χ0) is 12.3. The summed E-state index contributed by atoms with van der Waals surface area (Å²) in [5.41, 5.74) is -0.0810. The molecule has 1 amide bonds. The molecule has 0 aromatic carbocycles. The molecule has 1 aliphatic heterocycles. The highest BCUT2D eigenvalue weighted by Gasteiger charge is 2.27. The predicted octanol–water partition coefficient (Wildman–Crippen LogP) is -0.792. The monoisotopic (exact) mass is 238 g/mol. The average molecular weight is 238 g/mol. The molecule has 1 saturated heterocycles. The summed E-state index contributed by atoms with van der Waals surface area (Å²) >= 11 is 0. The zero-order valence-electron chi connectivity index (χ0n) is 9.26. The Hall–Kier alpha value is -1.66. The second-order valence-corrected chi connectivity index (χ2v) is 3.84. The minimum absolute atomic E-state index is 0.150. The number of aliphatic hydroxyl groups excluding tert-OH is 1. The predicted molar refractivity (Wildman–Crippen MR) is 59.8 cm³/mol. The van der Waals surface area contributed by atoms with E-state index >= 15 is 0 Å². The van der Waals surface area contributed by atoms with Gasteiger partial charge in [-0.2, -0.15) is 0 Å². The van der Waals surface area contributed by atoms with Crippen molar-refractivity contribution in [1.29, 1.82) is 0 Å². The summed E-state index contributed by atoms with van der Waals surface area (Å²) in [5, 5.41) is 9.17. The lowest BCUT2D eigenvalue weighted by Gasteiger charge is -2.34. The fraction of sp³-hybridized carbons (Fsp3) is 0.455. The topological polar surface area (TPSA) is 82.6 Å². The lowest BCUT2D eigenvalue weighted by molar-refractivity contribution is -0.0186. The summed E-state index contributed by atoms with van der Waals surface area (Å²) in [6, 6.07) is 4.08. The van der Waals surface area contributed by atoms with Crippen LogP contribution >= 0.6 is 0 Å². The highest BCUT2D eigenvalue weighted by molar-refractivity contribution is 5.92. The largest absolute Gasteiger partial charge is 0.394 e. The van der Waals surface area contributed by atoms with E-state index in [4.69, 9.17) is 9.84 Å². The lowest BCUT2D eigenvalue weighted by atomic mass is 10.2. The summed E-state index contributed by atoms with van der Waals surface area (Å²) < 4.78 is 5.19. The Bertz CT molecular complexity index is 457. The summed E-state index contributed by atoms with van der Waals surface area (Å²) in [6.45, 7) is 1.03. The zero-order valence-corrected chi connectivity index (χ0v) is 9.26. The van der Waals surface area contributed by atoms with Gasteiger partial charge in [-0.15, -0.1) is 0 Å². The number of nitrogens with one attached hydrogen (secondary N) is 1. The molecule has 1 atom stereocenters. The minimum atomic E-state index is -0.347. The molecule has 2 rings (SSSR count). The van der Waals surface area contributed by atoms with Gasteiger partial charge in [-0.1, -0.05) is 6.07 Å². The van der Waals surface area contributed by atoms with Crippen LogP contribution in [0, 0.1) is 0 Å². The van der Waals surface area contributed by atoms with Gasteiger partial charge in [0, 0.05) is 12.6 Å². The van der Waals surface area contributed by atoms with Crippen LogP contribution in [0.4, 0.5) is 0 Å². The van der Waals surface area contributed by atoms with Crippen molar-refractivity contribution in [3.8, 4) is 0 Å². The number of aliphatic hydroxyl groups is 1. The van der Waals surface area contributed by atoms with Gasteiger partial charge >= 0.3 is 0 Å². The van der Waals surface area contributed by atoms with Crippen molar-refractivity contribution in [2.75, 3.05) is 26.4 Å². The second-order valence-electron chi connectivity index (χ2n) is 3.84. The van der Waals surface area contributed by atoms with Crippen LogP contribution < -0.4 is 5.56 Å². The number of carbonyl (C=O) groups excluding carboxylic acids is 1. The normalized spacial score (nSPS) is 20.3. The van der Waals surface area contributed by atoms with Crippen molar-refractivity contribution in [1.82, 2.24) is 9.88 Å². The molecule has 0 spiro atoms. The number of nitrogens with zero attached hydrogens (tertiary/aromatic N) is 1. The first-order valence-corrected chi connectivity index (χ1v) is 5.41. The van der Waals surface area contributed by atoms with Crippen LogP contribution in [0.3, 0.4) is 0 Å². The Balaban J connectivity index is 2.21. The van der Waals surface area contributed by atoms with E-state index in [1.165, 1.54) is 17.0 Å². The average Bonchev–Trinajstić information content (AvgIpc) is 2.38. The fourth-order valence-corrected chi connectivity index (χ4v) is 1.80. The van der Waals surface area contributed by atoms with E-state index in [2.05, 4.69) is 4.98 Å². The van der Waals surface area contributed by atoms with Gasteiger partial charge in [0.1, 0.15) is 5.69 Å². The van der Waals surface area contributed by atoms with Crippen molar-refractivity contribution in [3.63, 3.8) is 0 Å². The molecule has 6 heteroatoms. The maximum absolute atomic E-state index is 12.1. The van der Waals surface area contributed by atoms with Crippen molar-refractivity contribution >= 4 is 5.91 Å². The summed E-state index contributed by atoms with van der Waals surface area (Å²) in [6.07, 6.45) is 0. The highest BCUT2D eigenvalue weighted by atomic mass is 16.5. The fourth-order valence-electron chi connectivity index (χ4n) is 1.80. The molecule has 0 saturated carbocycles. The first-order valence-electron chi connectivity index (χ1n) is 5.41. The van der Waals surface area contributed by atoms with Crippen LogP contribution in [0.2, 0.25) is 0 Å². The maximum atomic E-state index is 12.1. The molecule has 0 aliphatic carbocycles. The first kappa shape index (κ1) is 11.8. The van der Waals surface area contributed by atoms with Gasteiger partial charge in [0.15, 0.2) is 0 Å². The standard InChI is InChI=1S/C11H14N2O4/c14-6-8-7-17-5-4-13(8)11(16)9-2-1-3-10(15)12-9/h1-3,8,14H,4-7H2,(H,12,15). The number of ether oxygens (including phenoxy) is 1. The number of pyridine rings is 1. The third-order valence-electron chi connectivity index (χ3n) is 2.70. The molecule has 2 N–H and O–H groups in total. The molecule has 6 nitrogen and oxygen atoms in total. The minimum Gasteiger partial charge on any atom is -0.394 e. The molecule has 1 unspecified atom stereocenters. The van der Waals surface area contributed by atoms with Crippen molar-refractivity contribution < 1.29 is 14.6 Å². The van der Waals surface area contributed by atoms with E-state index in [0.717, 1.165) is 0 Å². The van der Waals surface area contributed by atoms with E-state index in [0.29, 0.717) is 19.8 Å². The van der Waals surface area contributed by atoms with Gasteiger partial charge in [0.25, 0.3) is 5.91 Å². The van der Waals surface area contributed by atoms with Crippen LogP contribution in [0.25, 0.3) is 0 Å². The Morgan fingerprint density at radius 3 is 3.12 bits per heavy atom. The van der Waals surface area contributed by atoms with Gasteiger partial charge in [-0.3, -0.25) is 9.59 Å². The van der Waals surface area contributed by atoms with Crippen LogP contribution in [0.1, 0.15) is 10.5 Å². The number of morpholine rings is 1. The first-order chi connectivity index (χ1) is 8.22. The number of amides is 1. The highest BCUT2D eigenvalue weighted by Crippen LogP contribution is 2.10. The van der Waals surface area contributed by atoms with Crippen LogP contribution in [0.5, 0.6) is 0 Å². The van der Waals surface area contributed by atoms with E-state index in [-0.39, 0.29) is 29.8 Å². The second kappa shape index (κ2) is 5.11. The van der Waals surface area contributed by atoms with Crippen molar-refractivity contribution in [2.24, 2.45) is 0 Å². The van der Waals surface area contributed by atoms with E-state index in [1.54, 1.807) is 6.07 Å². The van der Waals surface area contributed by atoms with Gasteiger partial charge < -0.3 is 19.7 Å². The molecule has 17 heavy (non-hydrogen) atoms. The Morgan fingerprint density at radius 2 is 2.41 bits per heavy atom. The van der Waals surface area contributed by atoms with Gasteiger partial charge in [-0.25, -0.2) is 0 Å². The lowest BCUT2D eigenvalue weighted by Crippen LogP contribution is -2.50.